The van der Waals surface area contributed by atoms with Crippen LogP contribution in [0.4, 0.5) is 0 Å². The van der Waals surface area contributed by atoms with Crippen molar-refractivity contribution in [2.24, 2.45) is 4.99 Å². The van der Waals surface area contributed by atoms with Crippen LogP contribution in [0.2, 0.25) is 0 Å². The van der Waals surface area contributed by atoms with Gasteiger partial charge in [0.2, 0.25) is 0 Å². The second-order valence-electron chi connectivity index (χ2n) is 9.51. The van der Waals surface area contributed by atoms with Gasteiger partial charge in [-0.3, -0.25) is 9.89 Å². The molecule has 2 unspecified atom stereocenters. The molecular weight excluding hydrogens is 501 g/mol. The Morgan fingerprint density at radius 2 is 1.77 bits per heavy atom. The van der Waals surface area contributed by atoms with Crippen LogP contribution in [0.3, 0.4) is 0 Å². The minimum atomic E-state index is 0. The fourth-order valence-corrected chi connectivity index (χ4v) is 5.61. The highest BCUT2D eigenvalue weighted by molar-refractivity contribution is 14.0. The third kappa shape index (κ3) is 5.92. The molecule has 3 aliphatic heterocycles. The average molecular weight is 542 g/mol. The van der Waals surface area contributed by atoms with E-state index in [0.717, 1.165) is 45.1 Å². The summed E-state index contributed by atoms with van der Waals surface area (Å²) in [5.74, 6) is 0.948. The third-order valence-electron chi connectivity index (χ3n) is 7.61. The molecule has 2 bridgehead atoms. The van der Waals surface area contributed by atoms with Gasteiger partial charge in [0.1, 0.15) is 0 Å². The Morgan fingerprint density at radius 3 is 2.35 bits per heavy atom. The van der Waals surface area contributed by atoms with Gasteiger partial charge in [-0.1, -0.05) is 30.3 Å². The summed E-state index contributed by atoms with van der Waals surface area (Å²) in [6.45, 7) is 3.68. The summed E-state index contributed by atoms with van der Waals surface area (Å²) in [6, 6.07) is 12.8. The summed E-state index contributed by atoms with van der Waals surface area (Å²) in [6.07, 6.45) is 7.18. The Bertz CT molecular complexity index is 693. The SMILES string of the molecule is CN=C(NCC1(N(C)C)CCOCC1)NC1CC2CCC(C1)N2Cc1ccccc1.I. The van der Waals surface area contributed by atoms with Crippen molar-refractivity contribution in [1.29, 1.82) is 0 Å². The van der Waals surface area contributed by atoms with Gasteiger partial charge < -0.3 is 20.3 Å². The number of ether oxygens (including phenoxy) is 1. The van der Waals surface area contributed by atoms with Crippen LogP contribution in [0.1, 0.15) is 44.1 Å². The van der Waals surface area contributed by atoms with Gasteiger partial charge in [-0.2, -0.15) is 0 Å². The molecule has 0 amide bonds. The maximum absolute atomic E-state index is 5.61. The topological polar surface area (TPSA) is 52.1 Å². The lowest BCUT2D eigenvalue weighted by molar-refractivity contribution is -0.00506. The number of likely N-dealkylation sites (N-methyl/N-ethyl adjacent to an activating group) is 1. The highest BCUT2D eigenvalue weighted by atomic mass is 127. The molecule has 31 heavy (non-hydrogen) atoms. The van der Waals surface area contributed by atoms with Gasteiger partial charge in [-0.05, 0) is 58.2 Å². The Hall–Kier alpha value is -0.900. The molecule has 3 heterocycles. The Labute approximate surface area is 205 Å². The number of nitrogens with zero attached hydrogens (tertiary/aromatic N) is 3. The summed E-state index contributed by atoms with van der Waals surface area (Å²) in [5, 5.41) is 7.39. The second-order valence-corrected chi connectivity index (χ2v) is 9.51. The van der Waals surface area contributed by atoms with Crippen molar-refractivity contribution in [2.75, 3.05) is 40.9 Å². The molecule has 174 valence electrons. The van der Waals surface area contributed by atoms with E-state index in [1.165, 1.54) is 31.2 Å². The maximum atomic E-state index is 5.61. The number of aliphatic imine (C=N–C) groups is 1. The summed E-state index contributed by atoms with van der Waals surface area (Å²) in [5.41, 5.74) is 1.58. The van der Waals surface area contributed by atoms with Crippen LogP contribution in [0.15, 0.2) is 35.3 Å². The lowest BCUT2D eigenvalue weighted by Crippen LogP contribution is -2.58. The minimum absolute atomic E-state index is 0. The molecule has 2 atom stereocenters. The van der Waals surface area contributed by atoms with E-state index in [1.54, 1.807) is 0 Å². The maximum Gasteiger partial charge on any atom is 0.191 e. The number of hydrogen-bond acceptors (Lipinski definition) is 4. The Kier molecular flexibility index (Phi) is 9.01. The molecule has 1 aromatic carbocycles. The molecule has 4 rings (SSSR count). The monoisotopic (exact) mass is 541 g/mol. The van der Waals surface area contributed by atoms with Crippen molar-refractivity contribution >= 4 is 29.9 Å². The van der Waals surface area contributed by atoms with Crippen LogP contribution in [0.25, 0.3) is 0 Å². The highest BCUT2D eigenvalue weighted by Gasteiger charge is 2.41. The van der Waals surface area contributed by atoms with Crippen LogP contribution in [-0.4, -0.2) is 80.3 Å². The normalized spacial score (nSPS) is 28.3. The first kappa shape index (κ1) is 24.7. The van der Waals surface area contributed by atoms with E-state index in [0.29, 0.717) is 18.1 Å². The lowest BCUT2D eigenvalue weighted by atomic mass is 9.88. The van der Waals surface area contributed by atoms with Crippen LogP contribution in [0, 0.1) is 0 Å². The van der Waals surface area contributed by atoms with Crippen molar-refractivity contribution in [3.63, 3.8) is 0 Å². The van der Waals surface area contributed by atoms with Crippen molar-refractivity contribution in [3.05, 3.63) is 35.9 Å². The van der Waals surface area contributed by atoms with Crippen LogP contribution >= 0.6 is 24.0 Å². The molecule has 2 N–H and O–H groups in total. The predicted molar refractivity (Wildman–Crippen MR) is 138 cm³/mol. The highest BCUT2D eigenvalue weighted by Crippen LogP contribution is 2.36. The van der Waals surface area contributed by atoms with Crippen LogP contribution in [-0.2, 0) is 11.3 Å². The smallest absolute Gasteiger partial charge is 0.191 e. The van der Waals surface area contributed by atoms with Gasteiger partial charge in [-0.15, -0.1) is 24.0 Å². The fourth-order valence-electron chi connectivity index (χ4n) is 5.61. The number of halogens is 1. The molecule has 0 aromatic heterocycles. The Balaban J connectivity index is 0.00000272. The molecule has 0 aliphatic carbocycles. The summed E-state index contributed by atoms with van der Waals surface area (Å²) >= 11 is 0. The largest absolute Gasteiger partial charge is 0.381 e. The quantitative estimate of drug-likeness (QED) is 0.330. The summed E-state index contributed by atoms with van der Waals surface area (Å²) < 4.78 is 5.61. The van der Waals surface area contributed by atoms with Gasteiger partial charge in [0.05, 0.1) is 0 Å². The van der Waals surface area contributed by atoms with E-state index in [4.69, 9.17) is 4.74 Å². The van der Waals surface area contributed by atoms with E-state index in [-0.39, 0.29) is 29.5 Å². The first-order chi connectivity index (χ1) is 14.6. The first-order valence-electron chi connectivity index (χ1n) is 11.6. The second kappa shape index (κ2) is 11.3. The van der Waals surface area contributed by atoms with E-state index in [1.807, 2.05) is 7.05 Å². The molecule has 0 saturated carbocycles. The number of nitrogens with one attached hydrogen (secondary N) is 2. The van der Waals surface area contributed by atoms with E-state index < -0.39 is 0 Å². The molecular formula is C24H40IN5O. The van der Waals surface area contributed by atoms with Gasteiger partial charge in [0.25, 0.3) is 0 Å². The molecule has 0 radical (unpaired) electrons. The van der Waals surface area contributed by atoms with Gasteiger partial charge in [0, 0.05) is 57.0 Å². The van der Waals surface area contributed by atoms with Gasteiger partial charge in [0.15, 0.2) is 5.96 Å². The zero-order chi connectivity index (χ0) is 21.0. The minimum Gasteiger partial charge on any atom is -0.381 e. The zero-order valence-corrected chi connectivity index (χ0v) is 21.7. The molecule has 3 aliphatic rings. The molecule has 3 fully saturated rings. The van der Waals surface area contributed by atoms with Crippen molar-refractivity contribution in [1.82, 2.24) is 20.4 Å². The number of guanidine groups is 1. The van der Waals surface area contributed by atoms with Crippen molar-refractivity contribution in [2.45, 2.75) is 68.7 Å². The number of piperidine rings is 1. The van der Waals surface area contributed by atoms with Crippen LogP contribution in [0.5, 0.6) is 0 Å². The standard InChI is InChI=1S/C24H39N5O.HI/c1-25-23(26-18-24(28(2)3)11-13-30-14-12-24)27-20-15-21-9-10-22(16-20)29(21)17-19-7-5-4-6-8-19;/h4-8,20-22H,9-18H2,1-3H3,(H2,25,26,27);1H. The van der Waals surface area contributed by atoms with Gasteiger partial charge >= 0.3 is 0 Å². The molecule has 3 saturated heterocycles. The fraction of sp³-hybridized carbons (Fsp3) is 0.708. The lowest BCUT2D eigenvalue weighted by Gasteiger charge is -2.43. The van der Waals surface area contributed by atoms with Crippen molar-refractivity contribution in [3.8, 4) is 0 Å². The molecule has 7 heteroatoms. The van der Waals surface area contributed by atoms with Gasteiger partial charge in [-0.25, -0.2) is 0 Å². The first-order valence-corrected chi connectivity index (χ1v) is 11.6. The average Bonchev–Trinajstić information content (AvgIpc) is 3.00. The zero-order valence-electron chi connectivity index (χ0n) is 19.3. The number of benzene rings is 1. The molecule has 1 aromatic rings. The van der Waals surface area contributed by atoms with E-state index >= 15 is 0 Å². The Morgan fingerprint density at radius 1 is 1.13 bits per heavy atom. The third-order valence-corrected chi connectivity index (χ3v) is 7.61. The number of fused-ring (bicyclic) bond motifs is 2. The van der Waals surface area contributed by atoms with E-state index in [2.05, 4.69) is 69.9 Å². The number of rotatable bonds is 6. The predicted octanol–water partition coefficient (Wildman–Crippen LogP) is 3.08. The molecule has 0 spiro atoms. The van der Waals surface area contributed by atoms with E-state index in [9.17, 15) is 0 Å². The van der Waals surface area contributed by atoms with Crippen LogP contribution < -0.4 is 10.6 Å². The molecule has 6 nitrogen and oxygen atoms in total. The van der Waals surface area contributed by atoms with Crippen molar-refractivity contribution < 1.29 is 4.74 Å². The summed E-state index contributed by atoms with van der Waals surface area (Å²) in [7, 11) is 6.26. The number of hydrogen-bond donors (Lipinski definition) is 2. The summed E-state index contributed by atoms with van der Waals surface area (Å²) in [4.78, 5) is 9.65.